The molecule has 2 amide bonds. The maximum atomic E-state index is 13.2. The van der Waals surface area contributed by atoms with Crippen LogP contribution >= 0.6 is 12.2 Å². The summed E-state index contributed by atoms with van der Waals surface area (Å²) in [6.45, 7) is 3.58. The number of ether oxygens (including phenoxy) is 1. The lowest BCUT2D eigenvalue weighted by atomic mass is 10.1. The van der Waals surface area contributed by atoms with Gasteiger partial charge in [0.1, 0.15) is 12.2 Å². The van der Waals surface area contributed by atoms with E-state index >= 15 is 0 Å². The summed E-state index contributed by atoms with van der Waals surface area (Å²) >= 11 is 5.45. The number of nitrogens with one attached hydrogen (secondary N) is 2. The number of nitrogens with zero attached hydrogens (tertiary/aromatic N) is 2. The molecule has 0 spiro atoms. The number of hydrogen-bond donors (Lipinski definition) is 2. The van der Waals surface area contributed by atoms with Crippen LogP contribution < -0.4 is 15.5 Å². The molecule has 1 atom stereocenters. The minimum Gasteiger partial charge on any atom is -0.376 e. The van der Waals surface area contributed by atoms with Crippen molar-refractivity contribution >= 4 is 51.8 Å². The number of amides is 2. The first kappa shape index (κ1) is 23.3. The first-order valence-corrected chi connectivity index (χ1v) is 12.4. The zero-order valence-electron chi connectivity index (χ0n) is 19.6. The number of anilines is 1. The van der Waals surface area contributed by atoms with Crippen molar-refractivity contribution in [2.24, 2.45) is 0 Å². The molecule has 2 aromatic carbocycles. The van der Waals surface area contributed by atoms with Gasteiger partial charge in [-0.25, -0.2) is 0 Å². The molecule has 7 nitrogen and oxygen atoms in total. The zero-order chi connectivity index (χ0) is 24.4. The molecule has 5 rings (SSSR count). The summed E-state index contributed by atoms with van der Waals surface area (Å²) in [7, 11) is 0. The lowest BCUT2D eigenvalue weighted by Gasteiger charge is -2.13. The van der Waals surface area contributed by atoms with Crippen LogP contribution in [0.4, 0.5) is 5.69 Å². The average molecular weight is 489 g/mol. The Balaban J connectivity index is 1.44. The number of benzene rings is 2. The Hall–Kier alpha value is -3.49. The normalized spacial score (nSPS) is 19.1. The molecule has 2 fully saturated rings. The third-order valence-electron chi connectivity index (χ3n) is 6.45. The lowest BCUT2D eigenvalue weighted by molar-refractivity contribution is -0.122. The van der Waals surface area contributed by atoms with E-state index in [0.29, 0.717) is 17.4 Å². The highest BCUT2D eigenvalue weighted by molar-refractivity contribution is 7.80. The lowest BCUT2D eigenvalue weighted by Crippen LogP contribution is -2.34. The number of para-hydroxylation sites is 2. The summed E-state index contributed by atoms with van der Waals surface area (Å²) in [4.78, 5) is 27.5. The van der Waals surface area contributed by atoms with Gasteiger partial charge in [-0.1, -0.05) is 43.3 Å². The smallest absolute Gasteiger partial charge is 0.281 e. The zero-order valence-corrected chi connectivity index (χ0v) is 20.4. The fourth-order valence-corrected chi connectivity index (χ4v) is 5.03. The molecule has 0 unspecified atom stereocenters. The molecular formula is C27H28N4O3S. The molecule has 8 heteroatoms. The number of carbonyl (C=O) groups excluding carboxylic acids is 2. The van der Waals surface area contributed by atoms with E-state index < -0.39 is 0 Å². The van der Waals surface area contributed by atoms with Gasteiger partial charge in [0.2, 0.25) is 5.91 Å². The highest BCUT2D eigenvalue weighted by Gasteiger charge is 2.32. The number of fused-ring (bicyclic) bond motifs is 1. The Morgan fingerprint density at radius 3 is 2.80 bits per heavy atom. The third-order valence-corrected chi connectivity index (χ3v) is 6.74. The summed E-state index contributed by atoms with van der Waals surface area (Å²) in [6, 6.07) is 15.4. The molecule has 0 bridgehead atoms. The van der Waals surface area contributed by atoms with Gasteiger partial charge in [-0.15, -0.1) is 0 Å². The van der Waals surface area contributed by atoms with Crippen molar-refractivity contribution in [1.29, 1.82) is 0 Å². The fraction of sp³-hybridized carbons (Fsp3) is 0.296. The summed E-state index contributed by atoms with van der Waals surface area (Å²) in [5.74, 6) is -0.267. The maximum absolute atomic E-state index is 13.2. The maximum Gasteiger partial charge on any atom is 0.281 e. The minimum absolute atomic E-state index is 0.0611. The second-order valence-corrected chi connectivity index (χ2v) is 9.17. The van der Waals surface area contributed by atoms with Gasteiger partial charge in [-0.3, -0.25) is 14.5 Å². The number of aryl methyl sites for hydroxylation is 1. The third kappa shape index (κ3) is 4.72. The Bertz CT molecular complexity index is 1310. The summed E-state index contributed by atoms with van der Waals surface area (Å²) in [5, 5.41) is 7.40. The van der Waals surface area contributed by atoms with E-state index in [-0.39, 0.29) is 24.5 Å². The van der Waals surface area contributed by atoms with Gasteiger partial charge >= 0.3 is 0 Å². The number of thiocarbonyl (C=S) groups is 1. The van der Waals surface area contributed by atoms with Crippen LogP contribution in [0.1, 0.15) is 30.9 Å². The van der Waals surface area contributed by atoms with Crippen molar-refractivity contribution in [3.63, 3.8) is 0 Å². The topological polar surface area (TPSA) is 75.6 Å². The highest BCUT2D eigenvalue weighted by Crippen LogP contribution is 2.29. The van der Waals surface area contributed by atoms with Gasteiger partial charge in [0.05, 0.1) is 17.3 Å². The van der Waals surface area contributed by atoms with E-state index in [4.69, 9.17) is 17.0 Å². The average Bonchev–Trinajstić information content (AvgIpc) is 3.57. The van der Waals surface area contributed by atoms with Crippen LogP contribution in [0.3, 0.4) is 0 Å². The second kappa shape index (κ2) is 10.0. The highest BCUT2D eigenvalue weighted by atomic mass is 32.1. The first-order valence-electron chi connectivity index (χ1n) is 12.0. The standard InChI is InChI=1S/C27H28N4O3S/c1-2-18-8-6-12-22-19(14-23-26(33)31(27(35)29-23)20-9-4-3-5-10-20)16-30(25(18)22)17-24(32)28-15-21-11-7-13-34-21/h3-6,8-10,12,14,16,21H,2,7,11,13,15,17H2,1H3,(H,28,32)(H,29,35)/b23-14+/t21-/m1/s1. The van der Waals surface area contributed by atoms with E-state index in [2.05, 4.69) is 23.6 Å². The van der Waals surface area contributed by atoms with Crippen LogP contribution in [0.5, 0.6) is 0 Å². The van der Waals surface area contributed by atoms with Gasteiger partial charge < -0.3 is 19.9 Å². The number of aromatic nitrogens is 1. The molecule has 2 aliphatic rings. The Morgan fingerprint density at radius 2 is 2.06 bits per heavy atom. The molecule has 2 saturated heterocycles. The largest absolute Gasteiger partial charge is 0.376 e. The van der Waals surface area contributed by atoms with Crippen molar-refractivity contribution < 1.29 is 14.3 Å². The Labute approximate surface area is 209 Å². The van der Waals surface area contributed by atoms with Crippen LogP contribution in [0, 0.1) is 0 Å². The molecule has 1 aromatic heterocycles. The van der Waals surface area contributed by atoms with Crippen molar-refractivity contribution in [2.45, 2.75) is 38.8 Å². The fourth-order valence-electron chi connectivity index (χ4n) is 4.74. The Morgan fingerprint density at radius 1 is 1.23 bits per heavy atom. The molecule has 0 aliphatic carbocycles. The quantitative estimate of drug-likeness (QED) is 0.391. The van der Waals surface area contributed by atoms with E-state index in [0.717, 1.165) is 53.6 Å². The molecule has 3 heterocycles. The van der Waals surface area contributed by atoms with Crippen molar-refractivity contribution in [3.05, 3.63) is 71.6 Å². The first-order chi connectivity index (χ1) is 17.0. The SMILES string of the molecule is CCc1cccc2c(/C=C3/NC(=S)N(c4ccccc4)C3=O)cn(CC(=O)NC[C@H]3CCCO3)c12. The van der Waals surface area contributed by atoms with Crippen molar-refractivity contribution in [1.82, 2.24) is 15.2 Å². The monoisotopic (exact) mass is 488 g/mol. The summed E-state index contributed by atoms with van der Waals surface area (Å²) < 4.78 is 7.59. The molecule has 35 heavy (non-hydrogen) atoms. The van der Waals surface area contributed by atoms with Crippen LogP contribution in [0.2, 0.25) is 0 Å². The predicted octanol–water partition coefficient (Wildman–Crippen LogP) is 3.76. The molecule has 2 aliphatic heterocycles. The number of carbonyl (C=O) groups is 2. The van der Waals surface area contributed by atoms with Gasteiger partial charge in [-0.2, -0.15) is 0 Å². The van der Waals surface area contributed by atoms with Gasteiger partial charge in [0, 0.05) is 30.3 Å². The minimum atomic E-state index is -0.206. The summed E-state index contributed by atoms with van der Waals surface area (Å²) in [6.07, 6.45) is 6.71. The Kier molecular flexibility index (Phi) is 6.66. The predicted molar refractivity (Wildman–Crippen MR) is 141 cm³/mol. The molecular weight excluding hydrogens is 460 g/mol. The van der Waals surface area contributed by atoms with E-state index in [1.54, 1.807) is 0 Å². The molecule has 180 valence electrons. The van der Waals surface area contributed by atoms with Gasteiger partial charge in [0.15, 0.2) is 5.11 Å². The number of rotatable bonds is 7. The molecule has 3 aromatic rings. The molecule has 0 saturated carbocycles. The van der Waals surface area contributed by atoms with Crippen molar-refractivity contribution in [3.8, 4) is 0 Å². The number of hydrogen-bond acceptors (Lipinski definition) is 4. The van der Waals surface area contributed by atoms with E-state index in [1.165, 1.54) is 4.90 Å². The molecule has 0 radical (unpaired) electrons. The van der Waals surface area contributed by atoms with Crippen LogP contribution in [-0.4, -0.2) is 40.7 Å². The van der Waals surface area contributed by atoms with Gasteiger partial charge in [-0.05, 0) is 55.3 Å². The van der Waals surface area contributed by atoms with Crippen molar-refractivity contribution in [2.75, 3.05) is 18.1 Å². The van der Waals surface area contributed by atoms with Crippen LogP contribution in [0.15, 0.2) is 60.4 Å². The molecule has 2 N–H and O–H groups in total. The van der Waals surface area contributed by atoms with E-state index in [9.17, 15) is 9.59 Å². The van der Waals surface area contributed by atoms with Crippen LogP contribution in [-0.2, 0) is 27.3 Å². The van der Waals surface area contributed by atoms with Crippen LogP contribution in [0.25, 0.3) is 17.0 Å². The summed E-state index contributed by atoms with van der Waals surface area (Å²) in [5.41, 5.74) is 4.13. The second-order valence-electron chi connectivity index (χ2n) is 8.78. The van der Waals surface area contributed by atoms with E-state index in [1.807, 2.05) is 59.3 Å². The van der Waals surface area contributed by atoms with Gasteiger partial charge in [0.25, 0.3) is 5.91 Å².